The van der Waals surface area contributed by atoms with Gasteiger partial charge in [0.05, 0.1) is 47.6 Å². The molecule has 3 aromatic heterocycles. The van der Waals surface area contributed by atoms with Crippen molar-refractivity contribution in [1.29, 1.82) is 0 Å². The van der Waals surface area contributed by atoms with Crippen LogP contribution in [0.2, 0.25) is 0 Å². The van der Waals surface area contributed by atoms with Crippen LogP contribution in [0.4, 0.5) is 13.2 Å². The maximum Gasteiger partial charge on any atom is 0.416 e. The highest BCUT2D eigenvalue weighted by Gasteiger charge is 2.34. The average Bonchev–Trinajstić information content (AvgIpc) is 3.33. The van der Waals surface area contributed by atoms with Crippen molar-refractivity contribution in [2.24, 2.45) is 0 Å². The van der Waals surface area contributed by atoms with Gasteiger partial charge < -0.3 is 10.1 Å². The Morgan fingerprint density at radius 1 is 1.17 bits per heavy atom. The predicted molar refractivity (Wildman–Crippen MR) is 95.4 cm³/mol. The van der Waals surface area contributed by atoms with Crippen LogP contribution in [0.1, 0.15) is 27.7 Å². The smallest absolute Gasteiger partial charge is 0.416 e. The molecule has 0 radical (unpaired) electrons. The highest BCUT2D eigenvalue weighted by atomic mass is 19.4. The number of carbonyl (C=O) groups excluding carboxylic acids is 1. The second-order valence-electron chi connectivity index (χ2n) is 6.59. The minimum Gasteiger partial charge on any atom is -0.491 e. The second kappa shape index (κ2) is 6.16. The summed E-state index contributed by atoms with van der Waals surface area (Å²) in [6.07, 6.45) is 1.94. The molecular formula is C19H12F3N5O2. The monoisotopic (exact) mass is 399 g/mol. The molecule has 5 rings (SSSR count). The van der Waals surface area contributed by atoms with Gasteiger partial charge in [0.25, 0.3) is 5.91 Å². The number of imidazole rings is 1. The number of carbonyl (C=O) groups is 1. The average molecular weight is 399 g/mol. The van der Waals surface area contributed by atoms with Gasteiger partial charge in [-0.2, -0.15) is 13.2 Å². The number of aromatic nitrogens is 4. The Balaban J connectivity index is 1.43. The summed E-state index contributed by atoms with van der Waals surface area (Å²) in [5.74, 6) is -0.355. The number of fused-ring (bicyclic) bond motifs is 4. The number of benzene rings is 1. The molecule has 0 spiro atoms. The summed E-state index contributed by atoms with van der Waals surface area (Å²) < 4.78 is 45.7. The van der Waals surface area contributed by atoms with E-state index in [9.17, 15) is 18.0 Å². The molecule has 29 heavy (non-hydrogen) atoms. The standard InChI is InChI=1S/C19H12F3N5O2/c20-19(21,22)10-1-2-12-15(8-29-17(12)3-10)26-18(28)13-4-16-14(7-25-13)24-6-11-5-23-9-27(11)16/h1-7,9,15H,8H2,(H,26,28). The molecule has 0 fully saturated rings. The number of halogens is 3. The van der Waals surface area contributed by atoms with Gasteiger partial charge >= 0.3 is 6.18 Å². The van der Waals surface area contributed by atoms with Crippen molar-refractivity contribution in [3.63, 3.8) is 0 Å². The Bertz CT molecular complexity index is 1270. The zero-order valence-electron chi connectivity index (χ0n) is 14.6. The van der Waals surface area contributed by atoms with Gasteiger partial charge in [-0.1, -0.05) is 6.07 Å². The Morgan fingerprint density at radius 3 is 2.86 bits per heavy atom. The van der Waals surface area contributed by atoms with Crippen LogP contribution in [0.3, 0.4) is 0 Å². The number of nitrogens with zero attached hydrogens (tertiary/aromatic N) is 4. The fraction of sp³-hybridized carbons (Fsp3) is 0.158. The summed E-state index contributed by atoms with van der Waals surface area (Å²) in [7, 11) is 0. The molecule has 1 aliphatic heterocycles. The number of rotatable bonds is 2. The number of nitrogens with one attached hydrogen (secondary N) is 1. The maximum atomic E-state index is 12.9. The van der Waals surface area contributed by atoms with E-state index in [-0.39, 0.29) is 18.1 Å². The van der Waals surface area contributed by atoms with Gasteiger partial charge in [-0.3, -0.25) is 14.2 Å². The summed E-state index contributed by atoms with van der Waals surface area (Å²) >= 11 is 0. The normalized spacial score (nSPS) is 16.0. The van der Waals surface area contributed by atoms with E-state index in [2.05, 4.69) is 20.3 Å². The first-order chi connectivity index (χ1) is 13.9. The zero-order chi connectivity index (χ0) is 20.2. The van der Waals surface area contributed by atoms with Gasteiger partial charge in [-0.05, 0) is 18.2 Å². The van der Waals surface area contributed by atoms with Crippen LogP contribution in [0.5, 0.6) is 5.75 Å². The van der Waals surface area contributed by atoms with Gasteiger partial charge in [0.1, 0.15) is 23.6 Å². The molecule has 7 nitrogen and oxygen atoms in total. The lowest BCUT2D eigenvalue weighted by molar-refractivity contribution is -0.137. The van der Waals surface area contributed by atoms with E-state index >= 15 is 0 Å². The number of amides is 1. The summed E-state index contributed by atoms with van der Waals surface area (Å²) in [6, 6.07) is 4.26. The van der Waals surface area contributed by atoms with Crippen molar-refractivity contribution in [2.45, 2.75) is 12.2 Å². The topological polar surface area (TPSA) is 81.4 Å². The molecule has 0 bridgehead atoms. The van der Waals surface area contributed by atoms with E-state index in [4.69, 9.17) is 4.74 Å². The van der Waals surface area contributed by atoms with Gasteiger partial charge in [-0.25, -0.2) is 9.97 Å². The van der Waals surface area contributed by atoms with E-state index in [0.29, 0.717) is 16.6 Å². The third-order valence-corrected chi connectivity index (χ3v) is 4.78. The number of hydrogen-bond acceptors (Lipinski definition) is 5. The van der Waals surface area contributed by atoms with Crippen molar-refractivity contribution in [2.75, 3.05) is 6.61 Å². The lowest BCUT2D eigenvalue weighted by Crippen LogP contribution is -2.30. The number of alkyl halides is 3. The molecule has 1 aliphatic rings. The Labute approximate surface area is 161 Å². The van der Waals surface area contributed by atoms with Crippen molar-refractivity contribution < 1.29 is 22.7 Å². The van der Waals surface area contributed by atoms with Gasteiger partial charge in [-0.15, -0.1) is 0 Å². The van der Waals surface area contributed by atoms with Gasteiger partial charge in [0.2, 0.25) is 0 Å². The Morgan fingerprint density at radius 2 is 2.03 bits per heavy atom. The van der Waals surface area contributed by atoms with Crippen LogP contribution in [-0.4, -0.2) is 31.9 Å². The number of pyridine rings is 1. The molecular weight excluding hydrogens is 387 g/mol. The first kappa shape index (κ1) is 17.4. The van der Waals surface area contributed by atoms with Gasteiger partial charge in [0, 0.05) is 5.56 Å². The van der Waals surface area contributed by atoms with E-state index in [0.717, 1.165) is 17.6 Å². The minimum absolute atomic E-state index is 0.0449. The SMILES string of the molecule is O=C(NC1COc2cc(C(F)(F)F)ccc21)c1cc2c(cn1)ncc1cncn12. The predicted octanol–water partition coefficient (Wildman–Crippen LogP) is 3.16. The molecule has 1 aromatic carbocycles. The van der Waals surface area contributed by atoms with E-state index < -0.39 is 23.7 Å². The van der Waals surface area contributed by atoms with Crippen LogP contribution in [0.15, 0.2) is 49.2 Å². The van der Waals surface area contributed by atoms with Gasteiger partial charge in [0.15, 0.2) is 0 Å². The Hall–Kier alpha value is -3.69. The molecule has 4 aromatic rings. The highest BCUT2D eigenvalue weighted by molar-refractivity contribution is 5.95. The number of hydrogen-bond donors (Lipinski definition) is 1. The molecule has 1 N–H and O–H groups in total. The minimum atomic E-state index is -4.46. The second-order valence-corrected chi connectivity index (χ2v) is 6.59. The zero-order valence-corrected chi connectivity index (χ0v) is 14.6. The van der Waals surface area contributed by atoms with Crippen molar-refractivity contribution in [1.82, 2.24) is 24.7 Å². The maximum absolute atomic E-state index is 12.9. The quantitative estimate of drug-likeness (QED) is 0.560. The van der Waals surface area contributed by atoms with Crippen LogP contribution >= 0.6 is 0 Å². The molecule has 0 saturated carbocycles. The van der Waals surface area contributed by atoms with Crippen LogP contribution in [0.25, 0.3) is 16.6 Å². The van der Waals surface area contributed by atoms with E-state index in [1.165, 1.54) is 12.3 Å². The molecule has 1 atom stereocenters. The van der Waals surface area contributed by atoms with Crippen molar-refractivity contribution in [3.8, 4) is 5.75 Å². The van der Waals surface area contributed by atoms with E-state index in [1.807, 2.05) is 0 Å². The first-order valence-corrected chi connectivity index (χ1v) is 8.62. The van der Waals surface area contributed by atoms with Crippen molar-refractivity contribution in [3.05, 3.63) is 66.0 Å². The fourth-order valence-electron chi connectivity index (χ4n) is 3.33. The molecule has 0 aliphatic carbocycles. The summed E-state index contributed by atoms with van der Waals surface area (Å²) in [5.41, 5.74) is 1.89. The van der Waals surface area contributed by atoms with E-state index in [1.54, 1.807) is 29.2 Å². The summed E-state index contributed by atoms with van der Waals surface area (Å²) in [5, 5.41) is 2.76. The van der Waals surface area contributed by atoms with Crippen molar-refractivity contribution >= 4 is 22.5 Å². The molecule has 1 unspecified atom stereocenters. The fourth-order valence-corrected chi connectivity index (χ4v) is 3.33. The Kier molecular flexibility index (Phi) is 3.70. The largest absolute Gasteiger partial charge is 0.491 e. The number of ether oxygens (including phenoxy) is 1. The lowest BCUT2D eigenvalue weighted by Gasteiger charge is -2.12. The molecule has 1 amide bonds. The third kappa shape index (κ3) is 2.93. The van der Waals surface area contributed by atoms with Crippen LogP contribution in [0, 0.1) is 0 Å². The molecule has 0 saturated heterocycles. The lowest BCUT2D eigenvalue weighted by atomic mass is 10.1. The third-order valence-electron chi connectivity index (χ3n) is 4.78. The summed E-state index contributed by atoms with van der Waals surface area (Å²) in [6.45, 7) is 0.0449. The summed E-state index contributed by atoms with van der Waals surface area (Å²) in [4.78, 5) is 25.2. The van der Waals surface area contributed by atoms with Crippen LogP contribution < -0.4 is 10.1 Å². The molecule has 146 valence electrons. The van der Waals surface area contributed by atoms with Crippen LogP contribution in [-0.2, 0) is 6.18 Å². The molecule has 4 heterocycles. The first-order valence-electron chi connectivity index (χ1n) is 8.62. The highest BCUT2D eigenvalue weighted by Crippen LogP contribution is 2.38. The molecule has 10 heteroatoms.